The first-order chi connectivity index (χ1) is 8.48. The van der Waals surface area contributed by atoms with E-state index >= 15 is 0 Å². The van der Waals surface area contributed by atoms with Gasteiger partial charge in [0.05, 0.1) is 6.61 Å². The summed E-state index contributed by atoms with van der Waals surface area (Å²) >= 11 is 5.79. The fourth-order valence-corrected chi connectivity index (χ4v) is 2.09. The fraction of sp³-hybridized carbons (Fsp3) is 0.500. The van der Waals surface area contributed by atoms with E-state index in [4.69, 9.17) is 16.3 Å². The normalized spacial score (nSPS) is 23.1. The van der Waals surface area contributed by atoms with Gasteiger partial charge in [-0.2, -0.15) is 0 Å². The first-order valence-electron chi connectivity index (χ1n) is 5.71. The van der Waals surface area contributed by atoms with E-state index in [0.717, 1.165) is 0 Å². The van der Waals surface area contributed by atoms with E-state index in [0.29, 0.717) is 24.3 Å². The van der Waals surface area contributed by atoms with Crippen LogP contribution in [0.4, 0.5) is 0 Å². The van der Waals surface area contributed by atoms with Crippen molar-refractivity contribution in [2.24, 2.45) is 0 Å². The molecule has 18 heavy (non-hydrogen) atoms. The Morgan fingerprint density at radius 3 is 3.06 bits per heavy atom. The van der Waals surface area contributed by atoms with Gasteiger partial charge >= 0.3 is 0 Å². The highest BCUT2D eigenvalue weighted by Crippen LogP contribution is 2.17. The number of carbonyl (C=O) groups excluding carboxylic acids is 1. The molecule has 1 aromatic heterocycles. The van der Waals surface area contributed by atoms with Gasteiger partial charge in [-0.1, -0.05) is 11.6 Å². The predicted molar refractivity (Wildman–Crippen MR) is 66.7 cm³/mol. The van der Waals surface area contributed by atoms with Crippen LogP contribution in [0.25, 0.3) is 0 Å². The van der Waals surface area contributed by atoms with Crippen LogP contribution in [0, 0.1) is 6.92 Å². The Bertz CT molecular complexity index is 438. The minimum absolute atomic E-state index is 0.171. The molecule has 1 aliphatic heterocycles. The lowest BCUT2D eigenvalue weighted by atomic mass is 10.0. The Morgan fingerprint density at radius 2 is 2.44 bits per heavy atom. The van der Waals surface area contributed by atoms with Crippen molar-refractivity contribution in [2.45, 2.75) is 18.9 Å². The van der Waals surface area contributed by atoms with Gasteiger partial charge in [-0.15, -0.1) is 0 Å². The third-order valence-electron chi connectivity index (χ3n) is 2.84. The van der Waals surface area contributed by atoms with E-state index < -0.39 is 5.60 Å². The molecule has 2 rings (SSSR count). The second kappa shape index (κ2) is 5.22. The number of pyridine rings is 1. The fourth-order valence-electron chi connectivity index (χ4n) is 1.84. The zero-order valence-electron chi connectivity index (χ0n) is 10.1. The number of aromatic nitrogens is 1. The highest BCUT2D eigenvalue weighted by atomic mass is 35.5. The summed E-state index contributed by atoms with van der Waals surface area (Å²) in [5, 5.41) is 13.0. The number of hydrogen-bond acceptors (Lipinski definition) is 4. The number of nitrogens with one attached hydrogen (secondary N) is 1. The first kappa shape index (κ1) is 13.3. The number of ether oxygens (including phenoxy) is 1. The van der Waals surface area contributed by atoms with Crippen molar-refractivity contribution in [3.05, 3.63) is 28.5 Å². The molecule has 1 unspecified atom stereocenters. The van der Waals surface area contributed by atoms with Crippen molar-refractivity contribution >= 4 is 17.5 Å². The zero-order chi connectivity index (χ0) is 13.2. The second-order valence-corrected chi connectivity index (χ2v) is 4.92. The highest BCUT2D eigenvalue weighted by Gasteiger charge is 2.32. The second-order valence-electron chi connectivity index (χ2n) is 4.53. The van der Waals surface area contributed by atoms with Gasteiger partial charge < -0.3 is 15.2 Å². The molecule has 0 saturated carbocycles. The lowest BCUT2D eigenvalue weighted by Gasteiger charge is -2.20. The summed E-state index contributed by atoms with van der Waals surface area (Å²) in [6.07, 6.45) is 0.531. The molecular formula is C12H15ClN2O3. The number of aryl methyl sites for hydroxylation is 1. The van der Waals surface area contributed by atoms with Crippen LogP contribution >= 0.6 is 11.6 Å². The molecule has 2 N–H and O–H groups in total. The third kappa shape index (κ3) is 3.19. The maximum atomic E-state index is 11.9. The molecule has 1 fully saturated rings. The monoisotopic (exact) mass is 270 g/mol. The molecule has 2 heterocycles. The Morgan fingerprint density at radius 1 is 1.67 bits per heavy atom. The summed E-state index contributed by atoms with van der Waals surface area (Å²) in [4.78, 5) is 15.9. The van der Waals surface area contributed by atoms with Crippen molar-refractivity contribution < 1.29 is 14.6 Å². The molecule has 1 amide bonds. The van der Waals surface area contributed by atoms with E-state index in [-0.39, 0.29) is 24.2 Å². The Kier molecular flexibility index (Phi) is 3.85. The predicted octanol–water partition coefficient (Wildman–Crippen LogP) is 0.925. The van der Waals surface area contributed by atoms with Gasteiger partial charge in [0, 0.05) is 30.8 Å². The molecule has 5 nitrogen and oxygen atoms in total. The molecule has 0 bridgehead atoms. The number of rotatable bonds is 3. The van der Waals surface area contributed by atoms with Crippen molar-refractivity contribution in [1.82, 2.24) is 10.3 Å². The van der Waals surface area contributed by atoms with Crippen molar-refractivity contribution in [1.29, 1.82) is 0 Å². The van der Waals surface area contributed by atoms with Gasteiger partial charge in [0.1, 0.15) is 10.8 Å². The van der Waals surface area contributed by atoms with Crippen LogP contribution in [0.5, 0.6) is 0 Å². The number of halogens is 1. The number of aliphatic hydroxyl groups is 1. The number of amides is 1. The molecule has 1 atom stereocenters. The molecule has 0 aliphatic carbocycles. The minimum Gasteiger partial charge on any atom is -0.386 e. The molecule has 1 aliphatic rings. The topological polar surface area (TPSA) is 71.5 Å². The van der Waals surface area contributed by atoms with Crippen molar-refractivity contribution in [3.63, 3.8) is 0 Å². The van der Waals surface area contributed by atoms with Crippen LogP contribution in [-0.2, 0) is 4.74 Å². The minimum atomic E-state index is -0.957. The summed E-state index contributed by atoms with van der Waals surface area (Å²) in [6, 6.07) is 3.15. The van der Waals surface area contributed by atoms with E-state index in [2.05, 4.69) is 10.3 Å². The van der Waals surface area contributed by atoms with Crippen molar-refractivity contribution in [3.8, 4) is 0 Å². The molecule has 0 aromatic carbocycles. The van der Waals surface area contributed by atoms with Gasteiger partial charge in [0.15, 0.2) is 0 Å². The van der Waals surface area contributed by atoms with Crippen LogP contribution in [0.15, 0.2) is 12.1 Å². The summed E-state index contributed by atoms with van der Waals surface area (Å²) in [6.45, 7) is 2.71. The maximum Gasteiger partial charge on any atom is 0.251 e. The smallest absolute Gasteiger partial charge is 0.251 e. The molecule has 6 heteroatoms. The summed E-state index contributed by atoms with van der Waals surface area (Å²) in [5.41, 5.74) is 0.159. The van der Waals surface area contributed by atoms with Gasteiger partial charge in [-0.25, -0.2) is 4.98 Å². The average Bonchev–Trinajstić information content (AvgIpc) is 2.72. The van der Waals surface area contributed by atoms with Gasteiger partial charge in [-0.3, -0.25) is 4.79 Å². The van der Waals surface area contributed by atoms with Gasteiger partial charge in [-0.05, 0) is 19.1 Å². The highest BCUT2D eigenvalue weighted by molar-refractivity contribution is 6.29. The maximum absolute atomic E-state index is 11.9. The van der Waals surface area contributed by atoms with Crippen LogP contribution in [-0.4, -0.2) is 41.4 Å². The standard InChI is InChI=1S/C12H15ClN2O3/c1-8-4-9(5-10(13)15-8)11(16)14-6-12(17)2-3-18-7-12/h4-5,17H,2-3,6-7H2,1H3,(H,14,16). The SMILES string of the molecule is Cc1cc(C(=O)NCC2(O)CCOC2)cc(Cl)n1. The lowest BCUT2D eigenvalue weighted by molar-refractivity contribution is 0.0264. The number of carbonyl (C=O) groups is 1. The van der Waals surface area contributed by atoms with E-state index in [1.165, 1.54) is 6.07 Å². The molecule has 98 valence electrons. The summed E-state index contributed by atoms with van der Waals surface area (Å²) < 4.78 is 5.10. The number of hydrogen-bond donors (Lipinski definition) is 2. The van der Waals surface area contributed by atoms with Crippen molar-refractivity contribution in [2.75, 3.05) is 19.8 Å². The Labute approximate surface area is 110 Å². The molecular weight excluding hydrogens is 256 g/mol. The Hall–Kier alpha value is -1.17. The van der Waals surface area contributed by atoms with E-state index in [1.54, 1.807) is 13.0 Å². The third-order valence-corrected chi connectivity index (χ3v) is 3.04. The first-order valence-corrected chi connectivity index (χ1v) is 6.09. The molecule has 1 aromatic rings. The Balaban J connectivity index is 1.99. The number of nitrogens with zero attached hydrogens (tertiary/aromatic N) is 1. The van der Waals surface area contributed by atoms with Crippen LogP contribution < -0.4 is 5.32 Å². The zero-order valence-corrected chi connectivity index (χ0v) is 10.8. The van der Waals surface area contributed by atoms with Crippen LogP contribution in [0.2, 0.25) is 5.15 Å². The quantitative estimate of drug-likeness (QED) is 0.802. The summed E-state index contributed by atoms with van der Waals surface area (Å²) in [7, 11) is 0. The average molecular weight is 271 g/mol. The lowest BCUT2D eigenvalue weighted by Crippen LogP contribution is -2.43. The van der Waals surface area contributed by atoms with Gasteiger partial charge in [0.25, 0.3) is 5.91 Å². The molecule has 1 saturated heterocycles. The molecule has 0 radical (unpaired) electrons. The molecule has 0 spiro atoms. The van der Waals surface area contributed by atoms with Gasteiger partial charge in [0.2, 0.25) is 0 Å². The summed E-state index contributed by atoms with van der Waals surface area (Å²) in [5.74, 6) is -0.275. The van der Waals surface area contributed by atoms with Crippen LogP contribution in [0.1, 0.15) is 22.5 Å². The van der Waals surface area contributed by atoms with E-state index in [9.17, 15) is 9.90 Å². The van der Waals surface area contributed by atoms with E-state index in [1.807, 2.05) is 0 Å². The van der Waals surface area contributed by atoms with Crippen LogP contribution in [0.3, 0.4) is 0 Å². The largest absolute Gasteiger partial charge is 0.386 e.